The number of rotatable bonds is 1. The second-order valence-electron chi connectivity index (χ2n) is 4.80. The number of pyridine rings is 1. The third kappa shape index (κ3) is 2.51. The number of imide groups is 1. The molecule has 0 saturated carbocycles. The number of carbonyl (C=O) groups excluding carboxylic acids is 2. The Kier molecular flexibility index (Phi) is 4.42. The number of hydrogen-bond acceptors (Lipinski definition) is 4. The topological polar surface area (TPSA) is 70.5 Å². The molecule has 0 bridgehead atoms. The Hall–Kier alpha value is -1.75. The van der Waals surface area contributed by atoms with Crippen LogP contribution >= 0.6 is 0 Å². The van der Waals surface area contributed by atoms with Gasteiger partial charge >= 0.3 is 0 Å². The molecular weight excluding hydrogens is 244 g/mol. The van der Waals surface area contributed by atoms with Crippen LogP contribution in [-0.4, -0.2) is 28.0 Å². The van der Waals surface area contributed by atoms with Crippen LogP contribution in [-0.2, 0) is 9.59 Å². The number of aryl methyl sites for hydroxylation is 1. The number of carbonyl (C=O) groups is 2. The van der Waals surface area contributed by atoms with Crippen molar-refractivity contribution in [3.63, 3.8) is 0 Å². The second-order valence-corrected chi connectivity index (χ2v) is 4.80. The van der Waals surface area contributed by atoms with Gasteiger partial charge in [-0.1, -0.05) is 19.9 Å². The van der Waals surface area contributed by atoms with Crippen LogP contribution in [0.5, 0.6) is 0 Å². The maximum atomic E-state index is 12.0. The van der Waals surface area contributed by atoms with Crippen LogP contribution in [0, 0.1) is 12.3 Å². The number of amides is 2. The molecule has 2 amide bonds. The van der Waals surface area contributed by atoms with Crippen LogP contribution in [0.25, 0.3) is 0 Å². The summed E-state index contributed by atoms with van der Waals surface area (Å²) in [6.45, 7) is 8.96. The summed E-state index contributed by atoms with van der Waals surface area (Å²) in [4.78, 5) is 28.9. The van der Waals surface area contributed by atoms with Gasteiger partial charge in [0.25, 0.3) is 5.91 Å². The molecule has 1 aromatic rings. The van der Waals surface area contributed by atoms with Gasteiger partial charge in [0.05, 0.1) is 5.41 Å². The van der Waals surface area contributed by atoms with E-state index in [0.717, 1.165) is 10.5 Å². The highest BCUT2D eigenvalue weighted by Gasteiger charge is 2.53. The van der Waals surface area contributed by atoms with E-state index in [1.54, 1.807) is 32.2 Å². The molecule has 19 heavy (non-hydrogen) atoms. The van der Waals surface area contributed by atoms with E-state index in [0.29, 0.717) is 0 Å². The Bertz CT molecular complexity index is 480. The molecule has 1 aliphatic heterocycles. The molecule has 1 N–H and O–H groups in total. The fourth-order valence-electron chi connectivity index (χ4n) is 1.75. The van der Waals surface area contributed by atoms with Crippen LogP contribution in [0.15, 0.2) is 18.3 Å². The molecule has 0 spiro atoms. The quantitative estimate of drug-likeness (QED) is 0.783. The molecule has 1 atom stereocenters. The van der Waals surface area contributed by atoms with Gasteiger partial charge in [0.2, 0.25) is 5.91 Å². The molecule has 5 nitrogen and oxygen atoms in total. The Morgan fingerprint density at radius 3 is 2.21 bits per heavy atom. The lowest BCUT2D eigenvalue weighted by Crippen LogP contribution is -2.33. The zero-order chi connectivity index (χ0) is 14.8. The van der Waals surface area contributed by atoms with Crippen molar-refractivity contribution in [3.05, 3.63) is 23.9 Å². The van der Waals surface area contributed by atoms with Gasteiger partial charge in [-0.05, 0) is 32.4 Å². The molecule has 1 saturated heterocycles. The molecule has 2 rings (SSSR count). The standard InChI is InChI=1S/C12H14N2O3.C2H6/c1-7-4-5-8(13-6-7)14-10(16)9(15)12(2,3)11(14)17;1-2/h4-6,9,15H,1-3H3;1-2H3. The fourth-order valence-corrected chi connectivity index (χ4v) is 1.75. The first-order valence-corrected chi connectivity index (χ1v) is 6.35. The summed E-state index contributed by atoms with van der Waals surface area (Å²) in [5.74, 6) is -0.780. The Balaban J connectivity index is 0.000000861. The highest BCUT2D eigenvalue weighted by Crippen LogP contribution is 2.34. The van der Waals surface area contributed by atoms with E-state index in [2.05, 4.69) is 4.98 Å². The minimum Gasteiger partial charge on any atom is -0.382 e. The molecule has 104 valence electrons. The lowest BCUT2D eigenvalue weighted by molar-refractivity contribution is -0.129. The molecule has 0 aromatic carbocycles. The van der Waals surface area contributed by atoms with Crippen molar-refractivity contribution >= 4 is 17.6 Å². The fraction of sp³-hybridized carbons (Fsp3) is 0.500. The van der Waals surface area contributed by atoms with Gasteiger partial charge in [0, 0.05) is 6.20 Å². The van der Waals surface area contributed by atoms with Crippen molar-refractivity contribution < 1.29 is 14.7 Å². The Morgan fingerprint density at radius 2 is 1.84 bits per heavy atom. The van der Waals surface area contributed by atoms with E-state index >= 15 is 0 Å². The van der Waals surface area contributed by atoms with E-state index in [9.17, 15) is 14.7 Å². The molecule has 1 unspecified atom stereocenters. The summed E-state index contributed by atoms with van der Waals surface area (Å²) in [7, 11) is 0. The van der Waals surface area contributed by atoms with Crippen LogP contribution in [0.1, 0.15) is 33.3 Å². The summed E-state index contributed by atoms with van der Waals surface area (Å²) in [6, 6.07) is 3.36. The van der Waals surface area contributed by atoms with Crippen molar-refractivity contribution in [1.29, 1.82) is 0 Å². The molecule has 1 aliphatic rings. The number of hydrogen-bond donors (Lipinski definition) is 1. The van der Waals surface area contributed by atoms with Gasteiger partial charge in [-0.25, -0.2) is 9.88 Å². The maximum absolute atomic E-state index is 12.0. The third-order valence-corrected chi connectivity index (χ3v) is 3.02. The molecule has 2 heterocycles. The van der Waals surface area contributed by atoms with Crippen molar-refractivity contribution in [2.75, 3.05) is 4.90 Å². The lowest BCUT2D eigenvalue weighted by atomic mass is 9.89. The number of aliphatic hydroxyl groups excluding tert-OH is 1. The van der Waals surface area contributed by atoms with E-state index in [1.165, 1.54) is 0 Å². The average molecular weight is 264 g/mol. The summed E-state index contributed by atoms with van der Waals surface area (Å²) >= 11 is 0. The van der Waals surface area contributed by atoms with Crippen molar-refractivity contribution in [3.8, 4) is 0 Å². The average Bonchev–Trinajstić information content (AvgIpc) is 2.55. The SMILES string of the molecule is CC.Cc1ccc(N2C(=O)C(O)C(C)(C)C2=O)nc1. The van der Waals surface area contributed by atoms with Gasteiger partial charge in [-0.3, -0.25) is 9.59 Å². The summed E-state index contributed by atoms with van der Waals surface area (Å²) < 4.78 is 0. The summed E-state index contributed by atoms with van der Waals surface area (Å²) in [5, 5.41) is 9.74. The van der Waals surface area contributed by atoms with Gasteiger partial charge in [-0.2, -0.15) is 0 Å². The van der Waals surface area contributed by atoms with Crippen molar-refractivity contribution in [2.45, 2.75) is 40.7 Å². The van der Waals surface area contributed by atoms with Gasteiger partial charge < -0.3 is 5.11 Å². The molecule has 1 fully saturated rings. The second kappa shape index (κ2) is 5.48. The minimum atomic E-state index is -1.31. The first-order valence-electron chi connectivity index (χ1n) is 6.35. The van der Waals surface area contributed by atoms with Crippen LogP contribution in [0.3, 0.4) is 0 Å². The monoisotopic (exact) mass is 264 g/mol. The van der Waals surface area contributed by atoms with Crippen molar-refractivity contribution in [2.24, 2.45) is 5.41 Å². The zero-order valence-electron chi connectivity index (χ0n) is 12.0. The molecular formula is C14H20N2O3. The maximum Gasteiger partial charge on any atom is 0.264 e. The molecule has 5 heteroatoms. The smallest absolute Gasteiger partial charge is 0.264 e. The minimum absolute atomic E-state index is 0.259. The van der Waals surface area contributed by atoms with E-state index < -0.39 is 23.3 Å². The summed E-state index contributed by atoms with van der Waals surface area (Å²) in [6.07, 6.45) is 0.270. The van der Waals surface area contributed by atoms with E-state index in [4.69, 9.17) is 0 Å². The first-order chi connectivity index (χ1) is 8.85. The normalized spacial score (nSPS) is 21.2. The third-order valence-electron chi connectivity index (χ3n) is 3.02. The Morgan fingerprint density at radius 1 is 1.26 bits per heavy atom. The van der Waals surface area contributed by atoms with Gasteiger partial charge in [0.1, 0.15) is 11.9 Å². The molecule has 0 aliphatic carbocycles. The van der Waals surface area contributed by atoms with Crippen LogP contribution in [0.2, 0.25) is 0 Å². The number of aliphatic hydroxyl groups is 1. The van der Waals surface area contributed by atoms with Crippen LogP contribution < -0.4 is 4.90 Å². The highest BCUT2D eigenvalue weighted by atomic mass is 16.3. The van der Waals surface area contributed by atoms with Crippen LogP contribution in [0.4, 0.5) is 5.82 Å². The summed E-state index contributed by atoms with van der Waals surface area (Å²) in [5.41, 5.74) is -0.156. The molecule has 1 aromatic heterocycles. The zero-order valence-corrected chi connectivity index (χ0v) is 12.0. The van der Waals surface area contributed by atoms with Gasteiger partial charge in [-0.15, -0.1) is 0 Å². The lowest BCUT2D eigenvalue weighted by Gasteiger charge is -2.17. The number of anilines is 1. The Labute approximate surface area is 113 Å². The highest BCUT2D eigenvalue weighted by molar-refractivity contribution is 6.23. The molecule has 0 radical (unpaired) electrons. The number of aromatic nitrogens is 1. The first kappa shape index (κ1) is 15.3. The largest absolute Gasteiger partial charge is 0.382 e. The van der Waals surface area contributed by atoms with Gasteiger partial charge in [0.15, 0.2) is 0 Å². The van der Waals surface area contributed by atoms with E-state index in [-0.39, 0.29) is 5.82 Å². The van der Waals surface area contributed by atoms with E-state index in [1.807, 2.05) is 20.8 Å². The predicted octanol–water partition coefficient (Wildman–Crippen LogP) is 1.68. The number of nitrogens with zero attached hydrogens (tertiary/aromatic N) is 2. The van der Waals surface area contributed by atoms with Crippen molar-refractivity contribution in [1.82, 2.24) is 4.98 Å². The predicted molar refractivity (Wildman–Crippen MR) is 72.6 cm³/mol.